The van der Waals surface area contributed by atoms with Crippen molar-refractivity contribution in [3.05, 3.63) is 97.5 Å². The molecule has 3 aromatic heterocycles. The molecule has 2 aromatic carbocycles. The zero-order valence-electron chi connectivity index (χ0n) is 23.0. The fourth-order valence-corrected chi connectivity index (χ4v) is 6.01. The van der Waals surface area contributed by atoms with Crippen molar-refractivity contribution in [3.8, 4) is 22.8 Å². The number of fused-ring (bicyclic) bond motifs is 2. The molecule has 7 rings (SSSR count). The molecule has 2 atom stereocenters. The van der Waals surface area contributed by atoms with Crippen LogP contribution >= 0.6 is 0 Å². The van der Waals surface area contributed by atoms with E-state index in [9.17, 15) is 4.79 Å². The molecule has 10 heteroatoms. The molecule has 0 spiro atoms. The van der Waals surface area contributed by atoms with Crippen molar-refractivity contribution in [1.29, 1.82) is 0 Å². The Morgan fingerprint density at radius 1 is 0.929 bits per heavy atom. The fraction of sp³-hybridized carbons (Fsp3) is 0.219. The van der Waals surface area contributed by atoms with Gasteiger partial charge in [0.05, 0.1) is 11.9 Å². The Kier molecular flexibility index (Phi) is 6.50. The minimum absolute atomic E-state index is 0.0221. The first-order valence-electron chi connectivity index (χ1n) is 14.0. The van der Waals surface area contributed by atoms with Gasteiger partial charge in [-0.2, -0.15) is 5.10 Å². The van der Waals surface area contributed by atoms with Crippen molar-refractivity contribution >= 4 is 28.6 Å². The van der Waals surface area contributed by atoms with Crippen LogP contribution < -0.4 is 15.4 Å². The largest absolute Gasteiger partial charge is 0.457 e. The molecule has 2 saturated heterocycles. The number of benzene rings is 2. The van der Waals surface area contributed by atoms with E-state index in [0.717, 1.165) is 54.6 Å². The fourth-order valence-electron chi connectivity index (χ4n) is 6.01. The Morgan fingerprint density at radius 2 is 1.67 bits per heavy atom. The third-order valence-corrected chi connectivity index (χ3v) is 8.10. The maximum Gasteiger partial charge on any atom is 0.245 e. The number of nitrogens with two attached hydrogens (primary N) is 1. The van der Waals surface area contributed by atoms with Crippen molar-refractivity contribution in [2.45, 2.75) is 6.54 Å². The summed E-state index contributed by atoms with van der Waals surface area (Å²) in [4.78, 5) is 29.7. The summed E-state index contributed by atoms with van der Waals surface area (Å²) in [6, 6.07) is 21.6. The second kappa shape index (κ2) is 10.6. The maximum absolute atomic E-state index is 12.0. The summed E-state index contributed by atoms with van der Waals surface area (Å²) in [7, 11) is 0. The highest BCUT2D eigenvalue weighted by molar-refractivity contribution is 5.98. The summed E-state index contributed by atoms with van der Waals surface area (Å²) in [5.74, 6) is 3.79. The minimum atomic E-state index is 0.0221. The van der Waals surface area contributed by atoms with Crippen LogP contribution in [0.5, 0.6) is 11.5 Å². The number of hydrogen-bond acceptors (Lipinski definition) is 8. The highest BCUT2D eigenvalue weighted by atomic mass is 16.5. The van der Waals surface area contributed by atoms with Crippen LogP contribution in [0.1, 0.15) is 5.56 Å². The van der Waals surface area contributed by atoms with E-state index in [1.54, 1.807) is 0 Å². The lowest BCUT2D eigenvalue weighted by molar-refractivity contribution is -0.125. The molecule has 1 amide bonds. The Morgan fingerprint density at radius 3 is 2.36 bits per heavy atom. The molecule has 0 aliphatic carbocycles. The van der Waals surface area contributed by atoms with E-state index in [2.05, 4.69) is 33.6 Å². The van der Waals surface area contributed by atoms with Gasteiger partial charge in [0.25, 0.3) is 0 Å². The SMILES string of the molecule is C=CC(=O)N1CC2CN(c3ccc(Cn4nc(-c5ccc(Oc6ccccc6)cc5)c5c(N)ncnc54)cn3)CC2C1. The molecule has 2 N–H and O–H groups in total. The van der Waals surface area contributed by atoms with Crippen LogP contribution in [0.15, 0.2) is 91.9 Å². The van der Waals surface area contributed by atoms with Gasteiger partial charge in [0.2, 0.25) is 5.91 Å². The summed E-state index contributed by atoms with van der Waals surface area (Å²) >= 11 is 0. The first-order valence-corrected chi connectivity index (χ1v) is 14.0. The molecule has 0 bridgehead atoms. The van der Waals surface area contributed by atoms with Crippen LogP contribution in [-0.2, 0) is 11.3 Å². The predicted molar refractivity (Wildman–Crippen MR) is 161 cm³/mol. The molecule has 2 fully saturated rings. The standard InChI is InChI=1S/C32H30N8O2/c1-2-28(41)39-18-23-16-38(17-24(23)19-39)27-13-8-21(14-34-27)15-40-32-29(31(33)35-20-36-32)30(37-40)22-9-11-26(12-10-22)42-25-6-4-3-5-7-25/h2-14,20,23-24H,1,15-19H2,(H2,33,35,36). The molecule has 2 aliphatic rings. The number of amides is 1. The second-order valence-electron chi connectivity index (χ2n) is 10.8. The van der Waals surface area contributed by atoms with E-state index in [0.29, 0.717) is 40.9 Å². The number of rotatable bonds is 7. The van der Waals surface area contributed by atoms with Crippen LogP contribution in [0.4, 0.5) is 11.6 Å². The van der Waals surface area contributed by atoms with Gasteiger partial charge >= 0.3 is 0 Å². The zero-order chi connectivity index (χ0) is 28.6. The number of likely N-dealkylation sites (tertiary alicyclic amines) is 1. The van der Waals surface area contributed by atoms with Gasteiger partial charge in [-0.3, -0.25) is 4.79 Å². The van der Waals surface area contributed by atoms with Crippen LogP contribution in [0.25, 0.3) is 22.3 Å². The van der Waals surface area contributed by atoms with Gasteiger partial charge < -0.3 is 20.3 Å². The maximum atomic E-state index is 12.0. The number of nitrogens with zero attached hydrogens (tertiary/aromatic N) is 7. The molecule has 0 saturated carbocycles. The van der Waals surface area contributed by atoms with E-state index >= 15 is 0 Å². The molecular formula is C32H30N8O2. The molecule has 0 radical (unpaired) electrons. The first kappa shape index (κ1) is 25.7. The molecule has 2 unspecified atom stereocenters. The van der Waals surface area contributed by atoms with Gasteiger partial charge in [0.15, 0.2) is 5.65 Å². The van der Waals surface area contributed by atoms with Gasteiger partial charge in [-0.05, 0) is 54.1 Å². The van der Waals surface area contributed by atoms with Gasteiger partial charge in [0.1, 0.15) is 35.2 Å². The monoisotopic (exact) mass is 558 g/mol. The van der Waals surface area contributed by atoms with Crippen molar-refractivity contribution in [1.82, 2.24) is 29.6 Å². The molecule has 42 heavy (non-hydrogen) atoms. The molecule has 10 nitrogen and oxygen atoms in total. The highest BCUT2D eigenvalue weighted by Gasteiger charge is 2.41. The topological polar surface area (TPSA) is 115 Å². The van der Waals surface area contributed by atoms with E-state index in [1.165, 1.54) is 12.4 Å². The van der Waals surface area contributed by atoms with Crippen molar-refractivity contribution in [2.75, 3.05) is 36.8 Å². The number of carbonyl (C=O) groups excluding carboxylic acids is 1. The summed E-state index contributed by atoms with van der Waals surface area (Å²) in [5, 5.41) is 5.63. The van der Waals surface area contributed by atoms with E-state index < -0.39 is 0 Å². The lowest BCUT2D eigenvalue weighted by atomic mass is 10.0. The van der Waals surface area contributed by atoms with Gasteiger partial charge in [-0.1, -0.05) is 30.8 Å². The molecule has 5 aromatic rings. The van der Waals surface area contributed by atoms with Crippen LogP contribution in [-0.4, -0.2) is 61.7 Å². The number of carbonyl (C=O) groups is 1. The zero-order valence-corrected chi connectivity index (χ0v) is 23.0. The van der Waals surface area contributed by atoms with Crippen molar-refractivity contribution < 1.29 is 9.53 Å². The number of anilines is 2. The van der Waals surface area contributed by atoms with Gasteiger partial charge in [0, 0.05) is 49.8 Å². The van der Waals surface area contributed by atoms with Crippen LogP contribution in [0.2, 0.25) is 0 Å². The molecular weight excluding hydrogens is 528 g/mol. The third-order valence-electron chi connectivity index (χ3n) is 8.10. The lowest BCUT2D eigenvalue weighted by Crippen LogP contribution is -2.32. The number of pyridine rings is 1. The van der Waals surface area contributed by atoms with Crippen LogP contribution in [0, 0.1) is 11.8 Å². The Balaban J connectivity index is 1.09. The summed E-state index contributed by atoms with van der Waals surface area (Å²) < 4.78 is 7.79. The Hall–Kier alpha value is -5.25. The number of para-hydroxylation sites is 1. The number of aromatic nitrogens is 5. The van der Waals surface area contributed by atoms with E-state index in [-0.39, 0.29) is 5.91 Å². The average Bonchev–Trinajstić information content (AvgIpc) is 3.71. The summed E-state index contributed by atoms with van der Waals surface area (Å²) in [6.45, 7) is 7.47. The summed E-state index contributed by atoms with van der Waals surface area (Å²) in [6.07, 6.45) is 4.76. The normalized spacial score (nSPS) is 17.9. The molecule has 2 aliphatic heterocycles. The van der Waals surface area contributed by atoms with Crippen molar-refractivity contribution in [2.24, 2.45) is 11.8 Å². The Bertz CT molecular complexity index is 1740. The molecule has 210 valence electrons. The third kappa shape index (κ3) is 4.81. The lowest BCUT2D eigenvalue weighted by Gasteiger charge is -2.22. The smallest absolute Gasteiger partial charge is 0.245 e. The van der Waals surface area contributed by atoms with Gasteiger partial charge in [-0.25, -0.2) is 19.6 Å². The number of ether oxygens (including phenoxy) is 1. The minimum Gasteiger partial charge on any atom is -0.457 e. The first-order chi connectivity index (χ1) is 20.6. The molecule has 5 heterocycles. The van der Waals surface area contributed by atoms with E-state index in [4.69, 9.17) is 20.6 Å². The van der Waals surface area contributed by atoms with Crippen molar-refractivity contribution in [3.63, 3.8) is 0 Å². The quantitative estimate of drug-likeness (QED) is 0.293. The number of nitrogen functional groups attached to an aromatic ring is 1. The number of hydrogen-bond donors (Lipinski definition) is 1. The van der Waals surface area contributed by atoms with Crippen LogP contribution in [0.3, 0.4) is 0 Å². The predicted octanol–water partition coefficient (Wildman–Crippen LogP) is 4.39. The van der Waals surface area contributed by atoms with Gasteiger partial charge in [-0.15, -0.1) is 0 Å². The second-order valence-corrected chi connectivity index (χ2v) is 10.8. The highest BCUT2D eigenvalue weighted by Crippen LogP contribution is 2.34. The van der Waals surface area contributed by atoms with E-state index in [1.807, 2.05) is 70.4 Å². The Labute approximate surface area is 243 Å². The summed E-state index contributed by atoms with van der Waals surface area (Å²) in [5.41, 5.74) is 9.59. The average molecular weight is 559 g/mol.